The Hall–Kier alpha value is -1.23. The Bertz CT molecular complexity index is 511. The van der Waals surface area contributed by atoms with Gasteiger partial charge in [0.05, 0.1) is 13.2 Å². The van der Waals surface area contributed by atoms with Crippen LogP contribution in [0.3, 0.4) is 0 Å². The molecule has 0 fully saturated rings. The van der Waals surface area contributed by atoms with Crippen molar-refractivity contribution in [3.05, 3.63) is 60.2 Å². The molecule has 0 saturated carbocycles. The van der Waals surface area contributed by atoms with Gasteiger partial charge in [0, 0.05) is 4.43 Å². The van der Waals surface area contributed by atoms with Gasteiger partial charge in [-0.05, 0) is 55.5 Å². The Labute approximate surface area is 147 Å². The number of hydrogen-bond donors (Lipinski definition) is 0. The zero-order valence-electron chi connectivity index (χ0n) is 12.8. The van der Waals surface area contributed by atoms with Gasteiger partial charge in [-0.1, -0.05) is 52.9 Å². The molecule has 0 aliphatic rings. The van der Waals surface area contributed by atoms with Crippen molar-refractivity contribution in [2.24, 2.45) is 0 Å². The van der Waals surface area contributed by atoms with Crippen LogP contribution in [0.15, 0.2) is 54.6 Å². The van der Waals surface area contributed by atoms with E-state index in [0.717, 1.165) is 42.0 Å². The molecule has 0 aliphatic heterocycles. The lowest BCUT2D eigenvalue weighted by atomic mass is 10.1. The van der Waals surface area contributed by atoms with E-state index in [1.165, 1.54) is 18.4 Å². The third-order valence-corrected chi connectivity index (χ3v) is 3.83. The van der Waals surface area contributed by atoms with E-state index < -0.39 is 0 Å². The molecule has 2 rings (SSSR count). The molecule has 0 heterocycles. The van der Waals surface area contributed by atoms with Crippen LogP contribution in [0.1, 0.15) is 24.8 Å². The zero-order valence-corrected chi connectivity index (χ0v) is 15.0. The van der Waals surface area contributed by atoms with Crippen LogP contribution in [0, 0.1) is 0 Å². The number of alkyl halides is 1. The molecule has 0 aromatic heterocycles. The van der Waals surface area contributed by atoms with Crippen molar-refractivity contribution in [2.45, 2.75) is 25.7 Å². The van der Waals surface area contributed by atoms with E-state index in [0.29, 0.717) is 0 Å². The third kappa shape index (κ3) is 6.69. The molecule has 118 valence electrons. The van der Waals surface area contributed by atoms with Gasteiger partial charge in [-0.15, -0.1) is 0 Å². The fraction of sp³-hybridized carbons (Fsp3) is 0.368. The van der Waals surface area contributed by atoms with Gasteiger partial charge in [-0.3, -0.25) is 0 Å². The maximum Gasteiger partial charge on any atom is 0.119 e. The minimum absolute atomic E-state index is 0.779. The first-order valence-electron chi connectivity index (χ1n) is 7.84. The predicted octanol–water partition coefficient (Wildman–Crippen LogP) is 5.29. The number of benzene rings is 2. The topological polar surface area (TPSA) is 18.5 Å². The molecular formula is C19H23IO2. The van der Waals surface area contributed by atoms with Gasteiger partial charge in [0.2, 0.25) is 0 Å². The minimum Gasteiger partial charge on any atom is -0.494 e. The molecule has 0 atom stereocenters. The highest BCUT2D eigenvalue weighted by molar-refractivity contribution is 14.1. The van der Waals surface area contributed by atoms with Gasteiger partial charge in [-0.2, -0.15) is 0 Å². The number of ether oxygens (including phenoxy) is 2. The van der Waals surface area contributed by atoms with Gasteiger partial charge in [0.15, 0.2) is 0 Å². The first-order chi connectivity index (χ1) is 10.9. The van der Waals surface area contributed by atoms with Crippen LogP contribution >= 0.6 is 22.6 Å². The lowest BCUT2D eigenvalue weighted by molar-refractivity contribution is 0.305. The lowest BCUT2D eigenvalue weighted by Gasteiger charge is -2.07. The molecule has 0 amide bonds. The summed E-state index contributed by atoms with van der Waals surface area (Å²) >= 11 is 2.32. The second-order valence-corrected chi connectivity index (χ2v) is 6.23. The maximum absolute atomic E-state index is 5.69. The fourth-order valence-corrected chi connectivity index (χ4v) is 2.44. The Kier molecular flexibility index (Phi) is 8.17. The summed E-state index contributed by atoms with van der Waals surface area (Å²) in [5, 5.41) is 0. The maximum atomic E-state index is 5.69. The smallest absolute Gasteiger partial charge is 0.119 e. The normalized spacial score (nSPS) is 10.4. The molecule has 0 aliphatic carbocycles. The lowest BCUT2D eigenvalue weighted by Crippen LogP contribution is -1.98. The summed E-state index contributed by atoms with van der Waals surface area (Å²) in [5.74, 6) is 1.93. The Morgan fingerprint density at radius 2 is 1.36 bits per heavy atom. The summed E-state index contributed by atoms with van der Waals surface area (Å²) in [4.78, 5) is 0. The van der Waals surface area contributed by atoms with Crippen molar-refractivity contribution >= 4 is 22.6 Å². The molecule has 22 heavy (non-hydrogen) atoms. The Balaban J connectivity index is 1.56. The van der Waals surface area contributed by atoms with E-state index >= 15 is 0 Å². The SMILES string of the molecule is ICCOc1ccc(CCCCCOc2ccccc2)cc1. The van der Waals surface area contributed by atoms with Gasteiger partial charge in [0.1, 0.15) is 11.5 Å². The highest BCUT2D eigenvalue weighted by atomic mass is 127. The first-order valence-corrected chi connectivity index (χ1v) is 9.36. The standard InChI is InChI=1S/C19H23IO2/c20-14-16-22-19-12-10-17(11-13-19)7-3-2-6-15-21-18-8-4-1-5-9-18/h1,4-5,8-13H,2-3,6-7,14-16H2. The summed E-state index contributed by atoms with van der Waals surface area (Å²) in [7, 11) is 0. The van der Waals surface area contributed by atoms with Crippen molar-refractivity contribution in [2.75, 3.05) is 17.6 Å². The quantitative estimate of drug-likeness (QED) is 0.301. The van der Waals surface area contributed by atoms with E-state index in [1.807, 2.05) is 30.3 Å². The summed E-state index contributed by atoms with van der Waals surface area (Å²) in [6.07, 6.45) is 4.62. The van der Waals surface area contributed by atoms with E-state index in [1.54, 1.807) is 0 Å². The molecule has 2 aromatic rings. The summed E-state index contributed by atoms with van der Waals surface area (Å²) in [5.41, 5.74) is 1.38. The minimum atomic E-state index is 0.779. The van der Waals surface area contributed by atoms with E-state index in [9.17, 15) is 0 Å². The van der Waals surface area contributed by atoms with Crippen molar-refractivity contribution in [3.63, 3.8) is 0 Å². The molecule has 0 saturated heterocycles. The van der Waals surface area contributed by atoms with E-state index in [-0.39, 0.29) is 0 Å². The van der Waals surface area contributed by atoms with E-state index in [2.05, 4.69) is 46.9 Å². The van der Waals surface area contributed by atoms with Crippen molar-refractivity contribution in [1.29, 1.82) is 0 Å². The van der Waals surface area contributed by atoms with E-state index in [4.69, 9.17) is 9.47 Å². The molecule has 2 nitrogen and oxygen atoms in total. The Morgan fingerprint density at radius 3 is 2.09 bits per heavy atom. The van der Waals surface area contributed by atoms with Crippen LogP contribution in [-0.2, 0) is 6.42 Å². The van der Waals surface area contributed by atoms with Gasteiger partial charge < -0.3 is 9.47 Å². The molecule has 0 unspecified atom stereocenters. The van der Waals surface area contributed by atoms with Crippen LogP contribution in [0.5, 0.6) is 11.5 Å². The number of unbranched alkanes of at least 4 members (excludes halogenated alkanes) is 2. The van der Waals surface area contributed by atoms with Crippen LogP contribution in [0.4, 0.5) is 0 Å². The van der Waals surface area contributed by atoms with Crippen LogP contribution < -0.4 is 9.47 Å². The monoisotopic (exact) mass is 410 g/mol. The molecule has 0 bridgehead atoms. The number of hydrogen-bond acceptors (Lipinski definition) is 2. The average molecular weight is 410 g/mol. The molecule has 2 aromatic carbocycles. The number of rotatable bonds is 10. The number of aryl methyl sites for hydroxylation is 1. The predicted molar refractivity (Wildman–Crippen MR) is 100 cm³/mol. The zero-order chi connectivity index (χ0) is 15.5. The van der Waals surface area contributed by atoms with Gasteiger partial charge in [-0.25, -0.2) is 0 Å². The summed E-state index contributed by atoms with van der Waals surface area (Å²) in [6, 6.07) is 18.5. The summed E-state index contributed by atoms with van der Waals surface area (Å²) in [6.45, 7) is 1.58. The molecule has 3 heteroatoms. The van der Waals surface area contributed by atoms with Crippen LogP contribution in [0.25, 0.3) is 0 Å². The van der Waals surface area contributed by atoms with Crippen molar-refractivity contribution < 1.29 is 9.47 Å². The molecule has 0 radical (unpaired) electrons. The second kappa shape index (κ2) is 10.5. The highest BCUT2D eigenvalue weighted by Crippen LogP contribution is 2.15. The Morgan fingerprint density at radius 1 is 0.682 bits per heavy atom. The fourth-order valence-electron chi connectivity index (χ4n) is 2.22. The highest BCUT2D eigenvalue weighted by Gasteiger charge is 1.97. The molecule has 0 spiro atoms. The third-order valence-electron chi connectivity index (χ3n) is 3.39. The van der Waals surface area contributed by atoms with Gasteiger partial charge in [0.25, 0.3) is 0 Å². The van der Waals surface area contributed by atoms with Gasteiger partial charge >= 0.3 is 0 Å². The van der Waals surface area contributed by atoms with Crippen LogP contribution in [-0.4, -0.2) is 17.6 Å². The van der Waals surface area contributed by atoms with Crippen molar-refractivity contribution in [1.82, 2.24) is 0 Å². The molecule has 0 N–H and O–H groups in total. The largest absolute Gasteiger partial charge is 0.494 e. The number of para-hydroxylation sites is 1. The second-order valence-electron chi connectivity index (χ2n) is 5.15. The van der Waals surface area contributed by atoms with Crippen LogP contribution in [0.2, 0.25) is 0 Å². The number of halogens is 1. The summed E-state index contributed by atoms with van der Waals surface area (Å²) < 4.78 is 12.3. The first kappa shape index (κ1) is 17.1. The van der Waals surface area contributed by atoms with Crippen molar-refractivity contribution in [3.8, 4) is 11.5 Å². The molecular weight excluding hydrogens is 387 g/mol. The average Bonchev–Trinajstić information content (AvgIpc) is 2.58.